The minimum Gasteiger partial charge on any atom is -0.384 e. The molecule has 1 heterocycles. The van der Waals surface area contributed by atoms with Crippen LogP contribution in [0.5, 0.6) is 0 Å². The third-order valence-corrected chi connectivity index (χ3v) is 5.23. The summed E-state index contributed by atoms with van der Waals surface area (Å²) in [6.45, 7) is 6.85. The van der Waals surface area contributed by atoms with Crippen molar-refractivity contribution in [2.75, 3.05) is 11.9 Å². The standard InChI is InChI=1S/C13H19BrN2OS/c1-13(2,3)18(17)16-11-7-8-15-12-9(11)5-4-6-10(12)14/h4-6,11,15-16H,7-8H2,1-3H3/t11-,18-/m1/s1. The van der Waals surface area contributed by atoms with Crippen LogP contribution in [0.2, 0.25) is 0 Å². The van der Waals surface area contributed by atoms with Gasteiger partial charge in [-0.3, -0.25) is 0 Å². The topological polar surface area (TPSA) is 41.1 Å². The van der Waals surface area contributed by atoms with Gasteiger partial charge in [0.05, 0.1) is 21.4 Å². The molecule has 2 N–H and O–H groups in total. The zero-order chi connectivity index (χ0) is 13.3. The predicted molar refractivity (Wildman–Crippen MR) is 81.0 cm³/mol. The van der Waals surface area contributed by atoms with E-state index in [1.165, 1.54) is 5.56 Å². The van der Waals surface area contributed by atoms with Crippen molar-refractivity contribution in [3.63, 3.8) is 0 Å². The molecule has 1 aliphatic heterocycles. The highest BCUT2D eigenvalue weighted by atomic mass is 79.9. The van der Waals surface area contributed by atoms with Crippen molar-refractivity contribution in [3.05, 3.63) is 28.2 Å². The van der Waals surface area contributed by atoms with Gasteiger partial charge < -0.3 is 5.32 Å². The number of halogens is 1. The first-order chi connectivity index (χ1) is 8.39. The van der Waals surface area contributed by atoms with Gasteiger partial charge in [-0.1, -0.05) is 12.1 Å². The molecule has 3 nitrogen and oxygen atoms in total. The van der Waals surface area contributed by atoms with Crippen LogP contribution >= 0.6 is 15.9 Å². The average Bonchev–Trinajstić information content (AvgIpc) is 2.29. The summed E-state index contributed by atoms with van der Waals surface area (Å²) < 4.78 is 16.3. The van der Waals surface area contributed by atoms with Crippen molar-refractivity contribution in [2.24, 2.45) is 0 Å². The van der Waals surface area contributed by atoms with E-state index in [9.17, 15) is 4.21 Å². The molecule has 2 rings (SSSR count). The second-order valence-electron chi connectivity index (χ2n) is 5.47. The molecule has 0 amide bonds. The summed E-state index contributed by atoms with van der Waals surface area (Å²) in [6, 6.07) is 6.28. The molecule has 2 atom stereocenters. The van der Waals surface area contributed by atoms with E-state index in [1.54, 1.807) is 0 Å². The lowest BCUT2D eigenvalue weighted by atomic mass is 9.99. The van der Waals surface area contributed by atoms with Crippen molar-refractivity contribution >= 4 is 32.6 Å². The molecule has 100 valence electrons. The van der Waals surface area contributed by atoms with Crippen LogP contribution in [0.3, 0.4) is 0 Å². The Morgan fingerprint density at radius 2 is 2.17 bits per heavy atom. The summed E-state index contributed by atoms with van der Waals surface area (Å²) in [5, 5.41) is 3.39. The summed E-state index contributed by atoms with van der Waals surface area (Å²) in [6.07, 6.45) is 0.950. The van der Waals surface area contributed by atoms with E-state index in [0.29, 0.717) is 0 Å². The smallest absolute Gasteiger partial charge is 0.0975 e. The number of benzene rings is 1. The van der Waals surface area contributed by atoms with Crippen LogP contribution in [0.4, 0.5) is 5.69 Å². The molecule has 0 aliphatic carbocycles. The van der Waals surface area contributed by atoms with Gasteiger partial charge in [0.15, 0.2) is 0 Å². The van der Waals surface area contributed by atoms with Gasteiger partial charge in [-0.2, -0.15) is 0 Å². The van der Waals surface area contributed by atoms with E-state index in [4.69, 9.17) is 0 Å². The van der Waals surface area contributed by atoms with Gasteiger partial charge in [0.25, 0.3) is 0 Å². The highest BCUT2D eigenvalue weighted by molar-refractivity contribution is 9.10. The van der Waals surface area contributed by atoms with Crippen molar-refractivity contribution in [3.8, 4) is 0 Å². The van der Waals surface area contributed by atoms with Crippen molar-refractivity contribution in [2.45, 2.75) is 38.0 Å². The van der Waals surface area contributed by atoms with Gasteiger partial charge in [0.2, 0.25) is 0 Å². The van der Waals surface area contributed by atoms with Crippen molar-refractivity contribution in [1.29, 1.82) is 0 Å². The zero-order valence-corrected chi connectivity index (χ0v) is 13.3. The fourth-order valence-corrected chi connectivity index (χ4v) is 3.32. The Kier molecular flexibility index (Phi) is 4.14. The number of para-hydroxylation sites is 1. The van der Waals surface area contributed by atoms with E-state index >= 15 is 0 Å². The Morgan fingerprint density at radius 1 is 1.44 bits per heavy atom. The normalized spacial score (nSPS) is 21.0. The fourth-order valence-electron chi connectivity index (χ4n) is 1.94. The first-order valence-electron chi connectivity index (χ1n) is 6.10. The quantitative estimate of drug-likeness (QED) is 0.872. The van der Waals surface area contributed by atoms with E-state index in [0.717, 1.165) is 23.1 Å². The number of hydrogen-bond donors (Lipinski definition) is 2. The maximum Gasteiger partial charge on any atom is 0.0975 e. The Morgan fingerprint density at radius 3 is 2.83 bits per heavy atom. The van der Waals surface area contributed by atoms with Gasteiger partial charge in [-0.15, -0.1) is 0 Å². The molecule has 0 fully saturated rings. The van der Waals surface area contributed by atoms with E-state index in [1.807, 2.05) is 32.9 Å². The number of fused-ring (bicyclic) bond motifs is 1. The Balaban J connectivity index is 2.24. The van der Waals surface area contributed by atoms with E-state index < -0.39 is 11.0 Å². The Hall–Kier alpha value is -0.390. The molecule has 5 heteroatoms. The molecule has 0 saturated heterocycles. The fraction of sp³-hybridized carbons (Fsp3) is 0.538. The minimum absolute atomic E-state index is 0.152. The minimum atomic E-state index is -1.04. The molecule has 18 heavy (non-hydrogen) atoms. The summed E-state index contributed by atoms with van der Waals surface area (Å²) in [7, 11) is -1.04. The monoisotopic (exact) mass is 330 g/mol. The maximum atomic E-state index is 12.2. The Bertz CT molecular complexity index is 471. The summed E-state index contributed by atoms with van der Waals surface area (Å²) in [5.41, 5.74) is 2.31. The summed E-state index contributed by atoms with van der Waals surface area (Å²) in [5.74, 6) is 0. The van der Waals surface area contributed by atoms with Crippen LogP contribution in [0, 0.1) is 0 Å². The molecule has 0 radical (unpaired) electrons. The van der Waals surface area contributed by atoms with Crippen LogP contribution in [-0.2, 0) is 11.0 Å². The van der Waals surface area contributed by atoms with Gasteiger partial charge >= 0.3 is 0 Å². The van der Waals surface area contributed by atoms with Crippen molar-refractivity contribution < 1.29 is 4.21 Å². The van der Waals surface area contributed by atoms with Crippen LogP contribution in [-0.4, -0.2) is 15.5 Å². The van der Waals surface area contributed by atoms with Gasteiger partial charge in [-0.05, 0) is 54.8 Å². The van der Waals surface area contributed by atoms with Crippen LogP contribution in [0.1, 0.15) is 38.8 Å². The lowest BCUT2D eigenvalue weighted by Gasteiger charge is -2.30. The first kappa shape index (κ1) is 14.0. The van der Waals surface area contributed by atoms with E-state index in [-0.39, 0.29) is 10.8 Å². The molecular formula is C13H19BrN2OS. The highest BCUT2D eigenvalue weighted by Gasteiger charge is 2.27. The third kappa shape index (κ3) is 2.95. The zero-order valence-electron chi connectivity index (χ0n) is 10.9. The average molecular weight is 331 g/mol. The number of nitrogens with one attached hydrogen (secondary N) is 2. The number of hydrogen-bond acceptors (Lipinski definition) is 2. The predicted octanol–water partition coefficient (Wildman–Crippen LogP) is 3.36. The van der Waals surface area contributed by atoms with Crippen LogP contribution < -0.4 is 10.0 Å². The SMILES string of the molecule is CC(C)(C)[S@@](=O)N[C@@H]1CCNc2c(Br)cccc21. The number of anilines is 1. The molecular weight excluding hydrogens is 312 g/mol. The summed E-state index contributed by atoms with van der Waals surface area (Å²) in [4.78, 5) is 0. The Labute approximate surface area is 119 Å². The first-order valence-corrected chi connectivity index (χ1v) is 8.04. The lowest BCUT2D eigenvalue weighted by molar-refractivity contribution is 0.572. The molecule has 1 aromatic rings. The highest BCUT2D eigenvalue weighted by Crippen LogP contribution is 2.35. The number of rotatable bonds is 2. The second kappa shape index (κ2) is 5.31. The molecule has 0 saturated carbocycles. The van der Waals surface area contributed by atoms with Crippen molar-refractivity contribution in [1.82, 2.24) is 4.72 Å². The van der Waals surface area contributed by atoms with Gasteiger partial charge in [-0.25, -0.2) is 8.93 Å². The molecule has 1 aliphatic rings. The molecule has 0 spiro atoms. The van der Waals surface area contributed by atoms with E-state index in [2.05, 4.69) is 32.0 Å². The maximum absolute atomic E-state index is 12.2. The molecule has 1 aromatic carbocycles. The third-order valence-electron chi connectivity index (χ3n) is 2.96. The van der Waals surface area contributed by atoms with Gasteiger partial charge in [0.1, 0.15) is 0 Å². The van der Waals surface area contributed by atoms with Gasteiger partial charge in [0, 0.05) is 17.1 Å². The summed E-state index contributed by atoms with van der Waals surface area (Å²) >= 11 is 3.55. The largest absolute Gasteiger partial charge is 0.384 e. The molecule has 0 unspecified atom stereocenters. The van der Waals surface area contributed by atoms with Crippen LogP contribution in [0.25, 0.3) is 0 Å². The molecule has 0 aromatic heterocycles. The van der Waals surface area contributed by atoms with Crippen LogP contribution in [0.15, 0.2) is 22.7 Å². The molecule has 0 bridgehead atoms. The lowest BCUT2D eigenvalue weighted by Crippen LogP contribution is -2.37. The second-order valence-corrected chi connectivity index (χ2v) is 8.32.